The van der Waals surface area contributed by atoms with Gasteiger partial charge in [0.15, 0.2) is 0 Å². The zero-order chi connectivity index (χ0) is 23.4. The number of carboxylic acids is 1. The Bertz CT molecular complexity index is 1150. The fourth-order valence-electron chi connectivity index (χ4n) is 2.69. The van der Waals surface area contributed by atoms with Crippen LogP contribution in [0.1, 0.15) is 19.5 Å². The number of hydrogen-bond acceptors (Lipinski definition) is 7. The minimum atomic E-state index is -4.10. The summed E-state index contributed by atoms with van der Waals surface area (Å²) in [4.78, 5) is 11.8. The average molecular weight is 541 g/mol. The van der Waals surface area contributed by atoms with E-state index in [1.807, 2.05) is 12.1 Å². The second-order valence-electron chi connectivity index (χ2n) is 7.30. The number of aliphatic carboxylic acids is 1. The van der Waals surface area contributed by atoms with Crippen LogP contribution in [0.15, 0.2) is 74.8 Å². The standard InChI is InChI=1S/C21H21BrN2O6S2/c1-21(2,31-13-15-11-12-29-23-15)19(20(25)26)24-32(27,28)18-9-7-17(8-10-18)30-16-5-3-14(22)4-6-16/h3-12,19,24H,13H2,1-2H3,(H,25,26). The lowest BCUT2D eigenvalue weighted by atomic mass is 10.1. The molecule has 1 heterocycles. The van der Waals surface area contributed by atoms with E-state index in [4.69, 9.17) is 9.26 Å². The molecule has 8 nitrogen and oxygen atoms in total. The number of hydrogen-bond donors (Lipinski definition) is 2. The third-order valence-corrected chi connectivity index (χ3v) is 7.87. The average Bonchev–Trinajstić information content (AvgIpc) is 3.26. The van der Waals surface area contributed by atoms with Gasteiger partial charge in [0.25, 0.3) is 0 Å². The minimum Gasteiger partial charge on any atom is -0.480 e. The van der Waals surface area contributed by atoms with Crippen LogP contribution in [0.4, 0.5) is 0 Å². The highest BCUT2D eigenvalue weighted by Gasteiger charge is 2.39. The van der Waals surface area contributed by atoms with Crippen molar-refractivity contribution in [1.82, 2.24) is 9.88 Å². The molecular weight excluding hydrogens is 520 g/mol. The number of nitrogens with one attached hydrogen (secondary N) is 1. The van der Waals surface area contributed by atoms with Crippen LogP contribution in [-0.2, 0) is 20.6 Å². The minimum absolute atomic E-state index is 0.0655. The van der Waals surface area contributed by atoms with Crippen LogP contribution in [-0.4, -0.2) is 35.4 Å². The Hall–Kier alpha value is -2.34. The van der Waals surface area contributed by atoms with Crippen molar-refractivity contribution in [2.45, 2.75) is 35.3 Å². The molecule has 0 spiro atoms. The molecule has 2 aromatic carbocycles. The summed E-state index contributed by atoms with van der Waals surface area (Å²) >= 11 is 4.61. The summed E-state index contributed by atoms with van der Waals surface area (Å²) in [5, 5.41) is 13.5. The van der Waals surface area contributed by atoms with E-state index in [0.29, 0.717) is 22.9 Å². The van der Waals surface area contributed by atoms with Crippen molar-refractivity contribution in [2.24, 2.45) is 0 Å². The summed E-state index contributed by atoms with van der Waals surface area (Å²) in [5.41, 5.74) is 0.636. The van der Waals surface area contributed by atoms with Crippen molar-refractivity contribution >= 4 is 43.7 Å². The van der Waals surface area contributed by atoms with Crippen LogP contribution in [0, 0.1) is 0 Å². The molecule has 0 aliphatic heterocycles. The van der Waals surface area contributed by atoms with E-state index in [-0.39, 0.29) is 4.90 Å². The van der Waals surface area contributed by atoms with Crippen LogP contribution in [0.5, 0.6) is 11.5 Å². The molecule has 0 bridgehead atoms. The number of sulfonamides is 1. The van der Waals surface area contributed by atoms with E-state index >= 15 is 0 Å². The quantitative estimate of drug-likeness (QED) is 0.380. The van der Waals surface area contributed by atoms with Gasteiger partial charge < -0.3 is 14.4 Å². The smallest absolute Gasteiger partial charge is 0.323 e. The Morgan fingerprint density at radius 1 is 1.16 bits per heavy atom. The number of ether oxygens (including phenoxy) is 1. The second-order valence-corrected chi connectivity index (χ2v) is 11.6. The number of benzene rings is 2. The zero-order valence-electron chi connectivity index (χ0n) is 17.2. The van der Waals surface area contributed by atoms with Gasteiger partial charge in [-0.25, -0.2) is 8.42 Å². The molecule has 1 unspecified atom stereocenters. The lowest BCUT2D eigenvalue weighted by molar-refractivity contribution is -0.139. The Morgan fingerprint density at radius 3 is 2.28 bits per heavy atom. The maximum Gasteiger partial charge on any atom is 0.323 e. The Kier molecular flexibility index (Phi) is 7.65. The monoisotopic (exact) mass is 540 g/mol. The van der Waals surface area contributed by atoms with Crippen molar-refractivity contribution in [3.63, 3.8) is 0 Å². The van der Waals surface area contributed by atoms with Gasteiger partial charge in [-0.05, 0) is 62.4 Å². The number of carboxylic acid groups (broad SMARTS) is 1. The first kappa shape index (κ1) is 24.3. The Balaban J connectivity index is 1.71. The van der Waals surface area contributed by atoms with Gasteiger partial charge in [0, 0.05) is 21.0 Å². The fourth-order valence-corrected chi connectivity index (χ4v) is 5.36. The summed E-state index contributed by atoms with van der Waals surface area (Å²) in [6.45, 7) is 3.32. The van der Waals surface area contributed by atoms with Gasteiger partial charge in [-0.3, -0.25) is 4.79 Å². The first-order chi connectivity index (χ1) is 15.1. The highest BCUT2D eigenvalue weighted by atomic mass is 79.9. The molecule has 2 N–H and O–H groups in total. The first-order valence-electron chi connectivity index (χ1n) is 9.39. The summed E-state index contributed by atoms with van der Waals surface area (Å²) in [5.74, 6) is 0.140. The van der Waals surface area contributed by atoms with E-state index in [1.54, 1.807) is 32.0 Å². The van der Waals surface area contributed by atoms with E-state index in [9.17, 15) is 18.3 Å². The number of rotatable bonds is 10. The summed E-state index contributed by atoms with van der Waals surface area (Å²) in [7, 11) is -4.10. The molecule has 0 amide bonds. The van der Waals surface area contributed by atoms with Gasteiger partial charge in [0.05, 0.1) is 10.6 Å². The van der Waals surface area contributed by atoms with Crippen LogP contribution < -0.4 is 9.46 Å². The fraction of sp³-hybridized carbons (Fsp3) is 0.238. The normalized spacial score (nSPS) is 13.0. The zero-order valence-corrected chi connectivity index (χ0v) is 20.4. The molecule has 0 fully saturated rings. The molecule has 3 rings (SSSR count). The molecule has 0 aliphatic rings. The molecule has 3 aromatic rings. The number of halogens is 1. The highest BCUT2D eigenvalue weighted by molar-refractivity contribution is 9.10. The summed E-state index contributed by atoms with van der Waals surface area (Å²) in [6.07, 6.45) is 1.42. The van der Waals surface area contributed by atoms with Crippen molar-refractivity contribution in [3.05, 3.63) is 71.0 Å². The third-order valence-electron chi connectivity index (χ3n) is 4.48. The molecule has 0 radical (unpaired) electrons. The topological polar surface area (TPSA) is 119 Å². The lowest BCUT2D eigenvalue weighted by Gasteiger charge is -2.31. The molecule has 11 heteroatoms. The van der Waals surface area contributed by atoms with Crippen molar-refractivity contribution < 1.29 is 27.6 Å². The summed E-state index contributed by atoms with van der Waals surface area (Å²) < 4.78 is 38.5. The van der Waals surface area contributed by atoms with Gasteiger partial charge in [-0.2, -0.15) is 4.72 Å². The number of aromatic nitrogens is 1. The van der Waals surface area contributed by atoms with Gasteiger partial charge in [0.2, 0.25) is 10.0 Å². The number of carbonyl (C=O) groups is 1. The van der Waals surface area contributed by atoms with Crippen LogP contribution >= 0.6 is 27.7 Å². The third kappa shape index (κ3) is 6.35. The van der Waals surface area contributed by atoms with Crippen molar-refractivity contribution in [1.29, 1.82) is 0 Å². The predicted octanol–water partition coefficient (Wildman–Crippen LogP) is 4.67. The van der Waals surface area contributed by atoms with Gasteiger partial charge in [-0.1, -0.05) is 21.1 Å². The molecule has 1 atom stereocenters. The van der Waals surface area contributed by atoms with Gasteiger partial charge in [-0.15, -0.1) is 11.8 Å². The summed E-state index contributed by atoms with van der Waals surface area (Å²) in [6, 6.07) is 13.2. The second kappa shape index (κ2) is 10.1. The van der Waals surface area contributed by atoms with Crippen molar-refractivity contribution in [3.8, 4) is 11.5 Å². The highest BCUT2D eigenvalue weighted by Crippen LogP contribution is 2.32. The molecule has 32 heavy (non-hydrogen) atoms. The van der Waals surface area contributed by atoms with Gasteiger partial charge >= 0.3 is 5.97 Å². The maximum absolute atomic E-state index is 12.9. The Morgan fingerprint density at radius 2 is 1.75 bits per heavy atom. The first-order valence-corrected chi connectivity index (χ1v) is 12.6. The molecule has 0 saturated carbocycles. The van der Waals surface area contributed by atoms with E-state index < -0.39 is 26.8 Å². The molecule has 0 aliphatic carbocycles. The maximum atomic E-state index is 12.9. The number of nitrogens with zero attached hydrogens (tertiary/aromatic N) is 1. The Labute approximate surface area is 198 Å². The van der Waals surface area contributed by atoms with Crippen LogP contribution in [0.3, 0.4) is 0 Å². The predicted molar refractivity (Wildman–Crippen MR) is 124 cm³/mol. The number of thioether (sulfide) groups is 1. The van der Waals surface area contributed by atoms with E-state index in [1.165, 1.54) is 42.3 Å². The van der Waals surface area contributed by atoms with Crippen LogP contribution in [0.25, 0.3) is 0 Å². The molecule has 170 valence electrons. The molecule has 1 aromatic heterocycles. The SMILES string of the molecule is CC(C)(SCc1ccon1)C(NS(=O)(=O)c1ccc(Oc2ccc(Br)cc2)cc1)C(=O)O. The van der Waals surface area contributed by atoms with E-state index in [2.05, 4.69) is 25.8 Å². The van der Waals surface area contributed by atoms with Crippen molar-refractivity contribution in [2.75, 3.05) is 0 Å². The van der Waals surface area contributed by atoms with Gasteiger partial charge in [0.1, 0.15) is 23.8 Å². The van der Waals surface area contributed by atoms with Crippen LogP contribution in [0.2, 0.25) is 0 Å². The van der Waals surface area contributed by atoms with E-state index in [0.717, 1.165) is 4.47 Å². The largest absolute Gasteiger partial charge is 0.480 e. The molecular formula is C21H21BrN2O6S2. The molecule has 0 saturated heterocycles. The lowest BCUT2D eigenvalue weighted by Crippen LogP contribution is -2.52.